The van der Waals surface area contributed by atoms with Crippen LogP contribution in [0.2, 0.25) is 5.02 Å². The number of cyclic esters (lactones) is 1. The molecule has 0 amide bonds. The van der Waals surface area contributed by atoms with E-state index in [1.165, 1.54) is 25.3 Å². The molecule has 0 saturated carbocycles. The number of hydrogen-bond acceptors (Lipinski definition) is 7. The Labute approximate surface area is 213 Å². The number of methoxy groups -OCH3 is 1. The first-order chi connectivity index (χ1) is 16.3. The lowest BCUT2D eigenvalue weighted by molar-refractivity contribution is -0.384. The maximum atomic E-state index is 12.3. The number of esters is 1. The highest BCUT2D eigenvalue weighted by molar-refractivity contribution is 14.1. The Morgan fingerprint density at radius 2 is 1.88 bits per heavy atom. The van der Waals surface area contributed by atoms with Crippen LogP contribution in [0.25, 0.3) is 6.08 Å². The van der Waals surface area contributed by atoms with Crippen molar-refractivity contribution in [2.75, 3.05) is 7.11 Å². The number of aliphatic imine (C=N–C) groups is 1. The number of nitro benzene ring substituents is 1. The van der Waals surface area contributed by atoms with E-state index in [9.17, 15) is 14.9 Å². The molecule has 0 fully saturated rings. The summed E-state index contributed by atoms with van der Waals surface area (Å²) < 4.78 is 17.7. The first-order valence-electron chi connectivity index (χ1n) is 9.86. The van der Waals surface area contributed by atoms with Gasteiger partial charge in [-0.15, -0.1) is 0 Å². The van der Waals surface area contributed by atoms with Crippen molar-refractivity contribution in [2.24, 2.45) is 4.99 Å². The van der Waals surface area contributed by atoms with Gasteiger partial charge in [-0.1, -0.05) is 29.8 Å². The van der Waals surface area contributed by atoms with Crippen molar-refractivity contribution in [1.29, 1.82) is 0 Å². The topological polar surface area (TPSA) is 100 Å². The fourth-order valence-electron chi connectivity index (χ4n) is 3.11. The summed E-state index contributed by atoms with van der Waals surface area (Å²) in [5.41, 5.74) is 1.82. The molecule has 10 heteroatoms. The Morgan fingerprint density at radius 1 is 1.12 bits per heavy atom. The number of carbonyl (C=O) groups is 1. The summed E-state index contributed by atoms with van der Waals surface area (Å²) in [6.07, 6.45) is 1.54. The van der Waals surface area contributed by atoms with Gasteiger partial charge in [0.1, 0.15) is 6.61 Å². The molecule has 1 heterocycles. The van der Waals surface area contributed by atoms with Gasteiger partial charge in [0.25, 0.3) is 5.69 Å². The summed E-state index contributed by atoms with van der Waals surface area (Å²) in [7, 11) is 1.53. The summed E-state index contributed by atoms with van der Waals surface area (Å²) in [6.45, 7) is 0.379. The molecule has 0 saturated heterocycles. The molecule has 0 N–H and O–H groups in total. The van der Waals surface area contributed by atoms with E-state index >= 15 is 0 Å². The summed E-state index contributed by atoms with van der Waals surface area (Å²) in [5, 5.41) is 11.0. The van der Waals surface area contributed by atoms with Gasteiger partial charge in [0, 0.05) is 15.7 Å². The van der Waals surface area contributed by atoms with E-state index in [0.717, 1.165) is 9.13 Å². The first-order valence-corrected chi connectivity index (χ1v) is 11.3. The lowest BCUT2D eigenvalue weighted by atomic mass is 10.1. The summed E-state index contributed by atoms with van der Waals surface area (Å²) in [4.78, 5) is 26.9. The minimum atomic E-state index is -0.664. The van der Waals surface area contributed by atoms with Crippen LogP contribution in [-0.2, 0) is 16.1 Å². The minimum absolute atomic E-state index is 0.0272. The molecule has 0 bridgehead atoms. The van der Waals surface area contributed by atoms with Crippen molar-refractivity contribution in [3.8, 4) is 11.5 Å². The van der Waals surface area contributed by atoms with Crippen LogP contribution in [-0.4, -0.2) is 23.9 Å². The fraction of sp³-hybridized carbons (Fsp3) is 0.0833. The third-order valence-corrected chi connectivity index (χ3v) is 5.84. The zero-order chi connectivity index (χ0) is 24.2. The van der Waals surface area contributed by atoms with Crippen molar-refractivity contribution < 1.29 is 23.9 Å². The number of nitro groups is 1. The molecule has 0 aromatic heterocycles. The van der Waals surface area contributed by atoms with Crippen LogP contribution < -0.4 is 9.47 Å². The number of halogens is 2. The number of carbonyl (C=O) groups excluding carboxylic acids is 1. The maximum absolute atomic E-state index is 12.3. The second-order valence-electron chi connectivity index (χ2n) is 7.08. The van der Waals surface area contributed by atoms with Gasteiger partial charge in [-0.25, -0.2) is 9.79 Å². The van der Waals surface area contributed by atoms with Gasteiger partial charge < -0.3 is 14.2 Å². The Balaban J connectivity index is 1.55. The average molecular weight is 591 g/mol. The van der Waals surface area contributed by atoms with Gasteiger partial charge in [0.15, 0.2) is 17.2 Å². The fourth-order valence-corrected chi connectivity index (χ4v) is 3.72. The molecular formula is C24H16ClIN2O6. The monoisotopic (exact) mass is 590 g/mol. The van der Waals surface area contributed by atoms with Crippen molar-refractivity contribution in [2.45, 2.75) is 6.61 Å². The van der Waals surface area contributed by atoms with E-state index in [0.29, 0.717) is 23.7 Å². The number of non-ortho nitro benzene ring substituents is 1. The van der Waals surface area contributed by atoms with Gasteiger partial charge in [-0.05, 0) is 70.1 Å². The third-order valence-electron chi connectivity index (χ3n) is 4.81. The van der Waals surface area contributed by atoms with Gasteiger partial charge in [-0.3, -0.25) is 10.1 Å². The Kier molecular flexibility index (Phi) is 7.13. The number of ether oxygens (including phenoxy) is 3. The molecule has 0 spiro atoms. The summed E-state index contributed by atoms with van der Waals surface area (Å²) >= 11 is 8.36. The Bertz CT molecular complexity index is 1340. The molecule has 172 valence electrons. The largest absolute Gasteiger partial charge is 0.493 e. The number of benzene rings is 3. The van der Waals surface area contributed by atoms with Gasteiger partial charge in [0.05, 0.1) is 22.6 Å². The van der Waals surface area contributed by atoms with Crippen LogP contribution in [0.15, 0.2) is 71.4 Å². The predicted molar refractivity (Wildman–Crippen MR) is 135 cm³/mol. The Hall–Kier alpha value is -3.44. The molecule has 1 aliphatic rings. The van der Waals surface area contributed by atoms with E-state index in [4.69, 9.17) is 25.8 Å². The second-order valence-corrected chi connectivity index (χ2v) is 8.74. The lowest BCUT2D eigenvalue weighted by Crippen LogP contribution is -2.06. The molecule has 4 rings (SSSR count). The first kappa shape index (κ1) is 23.7. The molecule has 0 unspecified atom stereocenters. The van der Waals surface area contributed by atoms with E-state index in [1.54, 1.807) is 24.3 Å². The lowest BCUT2D eigenvalue weighted by Gasteiger charge is -2.11. The zero-order valence-corrected chi connectivity index (χ0v) is 20.6. The van der Waals surface area contributed by atoms with E-state index in [1.807, 2.05) is 24.3 Å². The summed E-state index contributed by atoms with van der Waals surface area (Å²) in [6, 6.07) is 17.0. The predicted octanol–water partition coefficient (Wildman–Crippen LogP) is 5.78. The van der Waals surface area contributed by atoms with Crippen molar-refractivity contribution in [1.82, 2.24) is 0 Å². The number of hydrogen-bond donors (Lipinski definition) is 0. The van der Waals surface area contributed by atoms with Crippen LogP contribution >= 0.6 is 34.2 Å². The van der Waals surface area contributed by atoms with Crippen molar-refractivity contribution in [3.63, 3.8) is 0 Å². The average Bonchev–Trinajstić information content (AvgIpc) is 3.18. The van der Waals surface area contributed by atoms with E-state index < -0.39 is 10.9 Å². The molecule has 0 aliphatic carbocycles. The van der Waals surface area contributed by atoms with Crippen molar-refractivity contribution >= 4 is 57.8 Å². The van der Waals surface area contributed by atoms with Crippen LogP contribution in [0.5, 0.6) is 11.5 Å². The smallest absolute Gasteiger partial charge is 0.363 e. The van der Waals surface area contributed by atoms with Gasteiger partial charge >= 0.3 is 5.97 Å². The van der Waals surface area contributed by atoms with Crippen LogP contribution in [0.1, 0.15) is 16.7 Å². The standard InChI is InChI=1S/C24H16ClIN2O6/c1-32-22-11-15(4-9-21(22)33-13-14-2-5-16(26)6-3-14)10-20-24(29)34-23(27-20)18-8-7-17(28(30)31)12-19(18)25/h2-12H,13H2,1H3/b20-10-. The zero-order valence-electron chi connectivity index (χ0n) is 17.7. The van der Waals surface area contributed by atoms with Crippen LogP contribution in [0.4, 0.5) is 5.69 Å². The maximum Gasteiger partial charge on any atom is 0.363 e. The Morgan fingerprint density at radius 3 is 2.56 bits per heavy atom. The molecular weight excluding hydrogens is 575 g/mol. The molecule has 3 aromatic carbocycles. The van der Waals surface area contributed by atoms with Gasteiger partial charge in [-0.2, -0.15) is 0 Å². The van der Waals surface area contributed by atoms with Crippen molar-refractivity contribution in [3.05, 3.63) is 102 Å². The molecule has 3 aromatic rings. The quantitative estimate of drug-likeness (QED) is 0.114. The van der Waals surface area contributed by atoms with Crippen LogP contribution in [0.3, 0.4) is 0 Å². The SMILES string of the molecule is COc1cc(/C=C2\N=C(c3ccc([N+](=O)[O-])cc3Cl)OC2=O)ccc1OCc1ccc(I)cc1. The highest BCUT2D eigenvalue weighted by Crippen LogP contribution is 2.31. The number of rotatable bonds is 7. The van der Waals surface area contributed by atoms with E-state index in [-0.39, 0.29) is 27.9 Å². The highest BCUT2D eigenvalue weighted by Gasteiger charge is 2.26. The molecule has 34 heavy (non-hydrogen) atoms. The summed E-state index contributed by atoms with van der Waals surface area (Å²) in [5.74, 6) is 0.357. The third kappa shape index (κ3) is 5.37. The molecule has 1 aliphatic heterocycles. The van der Waals surface area contributed by atoms with E-state index in [2.05, 4.69) is 27.6 Å². The number of nitrogens with zero attached hydrogens (tertiary/aromatic N) is 2. The highest BCUT2D eigenvalue weighted by atomic mass is 127. The molecule has 0 radical (unpaired) electrons. The van der Waals surface area contributed by atoms with Crippen LogP contribution in [0, 0.1) is 13.7 Å². The normalized spacial score (nSPS) is 14.0. The second kappa shape index (κ2) is 10.2. The molecule has 0 atom stereocenters. The minimum Gasteiger partial charge on any atom is -0.493 e. The van der Waals surface area contributed by atoms with Gasteiger partial charge in [0.2, 0.25) is 5.90 Å². The molecule has 8 nitrogen and oxygen atoms in total.